The van der Waals surface area contributed by atoms with Crippen LogP contribution >= 0.6 is 11.8 Å². The third kappa shape index (κ3) is 1.46. The summed E-state index contributed by atoms with van der Waals surface area (Å²) in [4.78, 5) is 0. The van der Waals surface area contributed by atoms with Crippen LogP contribution in [-0.2, 0) is 0 Å². The molecule has 0 fully saturated rings. The molecule has 0 saturated carbocycles. The zero-order valence-corrected chi connectivity index (χ0v) is 5.94. The third-order valence-corrected chi connectivity index (χ3v) is 1.76. The Hall–Kier alpha value is -0.480. The molecule has 0 radical (unpaired) electrons. The van der Waals surface area contributed by atoms with Crippen molar-refractivity contribution in [2.24, 2.45) is 5.73 Å². The zero-order chi connectivity index (χ0) is 6.69. The molecule has 3 nitrogen and oxygen atoms in total. The normalized spacial score (nSPS) is 10.0. The van der Waals surface area contributed by atoms with Gasteiger partial charge in [-0.3, -0.25) is 0 Å². The summed E-state index contributed by atoms with van der Waals surface area (Å²) in [7, 11) is 0. The molecule has 0 atom stereocenters. The molecule has 0 bridgehead atoms. The fourth-order valence-electron chi connectivity index (χ4n) is 0.495. The summed E-state index contributed by atoms with van der Waals surface area (Å²) < 4.78 is 4.67. The standard InChI is InChI=1S/C5H8N2OS/c1-4-2-8-7-5(4)9-3-6/h2H,3,6H2,1H3. The summed E-state index contributed by atoms with van der Waals surface area (Å²) in [5, 5.41) is 4.60. The number of rotatable bonds is 2. The van der Waals surface area contributed by atoms with E-state index < -0.39 is 0 Å². The molecular formula is C5H8N2OS. The fourth-order valence-corrected chi connectivity index (χ4v) is 1.02. The predicted octanol–water partition coefficient (Wildman–Crippen LogP) is 0.991. The highest BCUT2D eigenvalue weighted by molar-refractivity contribution is 7.99. The van der Waals surface area contributed by atoms with Crippen LogP contribution < -0.4 is 5.73 Å². The van der Waals surface area contributed by atoms with Gasteiger partial charge in [0.25, 0.3) is 0 Å². The van der Waals surface area contributed by atoms with Gasteiger partial charge in [0.15, 0.2) is 0 Å². The van der Waals surface area contributed by atoms with E-state index in [-0.39, 0.29) is 0 Å². The molecule has 0 unspecified atom stereocenters. The van der Waals surface area contributed by atoms with Crippen LogP contribution in [0.25, 0.3) is 0 Å². The van der Waals surface area contributed by atoms with Gasteiger partial charge in [0.2, 0.25) is 0 Å². The lowest BCUT2D eigenvalue weighted by molar-refractivity contribution is 0.404. The second-order valence-corrected chi connectivity index (χ2v) is 2.62. The minimum atomic E-state index is 0.549. The molecule has 0 spiro atoms. The van der Waals surface area contributed by atoms with Crippen LogP contribution in [0.4, 0.5) is 0 Å². The van der Waals surface area contributed by atoms with Crippen molar-refractivity contribution in [3.05, 3.63) is 11.8 Å². The molecule has 0 aromatic carbocycles. The minimum absolute atomic E-state index is 0.549. The van der Waals surface area contributed by atoms with Crippen molar-refractivity contribution in [2.45, 2.75) is 11.9 Å². The predicted molar refractivity (Wildman–Crippen MR) is 36.2 cm³/mol. The molecule has 2 N–H and O–H groups in total. The lowest BCUT2D eigenvalue weighted by Gasteiger charge is -1.88. The lowest BCUT2D eigenvalue weighted by Crippen LogP contribution is -1.92. The Kier molecular flexibility index (Phi) is 2.13. The highest BCUT2D eigenvalue weighted by Gasteiger charge is 1.99. The van der Waals surface area contributed by atoms with Gasteiger partial charge in [0, 0.05) is 11.4 Å². The van der Waals surface area contributed by atoms with Gasteiger partial charge in [0.1, 0.15) is 11.3 Å². The quantitative estimate of drug-likeness (QED) is 0.496. The first-order chi connectivity index (χ1) is 4.34. The second-order valence-electron chi connectivity index (χ2n) is 1.61. The summed E-state index contributed by atoms with van der Waals surface area (Å²) in [6, 6.07) is 0. The van der Waals surface area contributed by atoms with E-state index in [0.717, 1.165) is 10.6 Å². The molecule has 1 aromatic heterocycles. The molecule has 0 aliphatic rings. The summed E-state index contributed by atoms with van der Waals surface area (Å²) in [6.07, 6.45) is 1.61. The van der Waals surface area contributed by atoms with Gasteiger partial charge in [-0.1, -0.05) is 16.9 Å². The summed E-state index contributed by atoms with van der Waals surface area (Å²) >= 11 is 1.48. The Balaban J connectivity index is 2.69. The van der Waals surface area contributed by atoms with Crippen LogP contribution in [0.2, 0.25) is 0 Å². The van der Waals surface area contributed by atoms with Crippen LogP contribution in [0.3, 0.4) is 0 Å². The molecule has 0 saturated heterocycles. The van der Waals surface area contributed by atoms with E-state index in [0.29, 0.717) is 5.88 Å². The first kappa shape index (κ1) is 6.64. The Morgan fingerprint density at radius 2 is 2.67 bits per heavy atom. The zero-order valence-electron chi connectivity index (χ0n) is 5.13. The van der Waals surface area contributed by atoms with Crippen molar-refractivity contribution >= 4 is 11.8 Å². The van der Waals surface area contributed by atoms with Gasteiger partial charge in [-0.2, -0.15) is 0 Å². The number of aromatic nitrogens is 1. The largest absolute Gasteiger partial charge is 0.363 e. The summed E-state index contributed by atoms with van der Waals surface area (Å²) in [6.45, 7) is 1.94. The Bertz CT molecular complexity index is 187. The van der Waals surface area contributed by atoms with E-state index in [2.05, 4.69) is 9.68 Å². The van der Waals surface area contributed by atoms with Crippen LogP contribution in [0.15, 0.2) is 15.8 Å². The number of hydrogen-bond donors (Lipinski definition) is 1. The van der Waals surface area contributed by atoms with E-state index in [1.807, 2.05) is 6.92 Å². The van der Waals surface area contributed by atoms with Crippen molar-refractivity contribution in [2.75, 3.05) is 5.88 Å². The van der Waals surface area contributed by atoms with E-state index >= 15 is 0 Å². The molecule has 0 aliphatic carbocycles. The van der Waals surface area contributed by atoms with Crippen LogP contribution in [0.1, 0.15) is 5.56 Å². The molecule has 1 heterocycles. The van der Waals surface area contributed by atoms with Crippen LogP contribution in [0, 0.1) is 6.92 Å². The topological polar surface area (TPSA) is 52.0 Å². The first-order valence-corrected chi connectivity index (χ1v) is 3.57. The highest BCUT2D eigenvalue weighted by atomic mass is 32.2. The van der Waals surface area contributed by atoms with Crippen molar-refractivity contribution in [1.29, 1.82) is 0 Å². The van der Waals surface area contributed by atoms with Gasteiger partial charge >= 0.3 is 0 Å². The fraction of sp³-hybridized carbons (Fsp3) is 0.400. The number of nitrogens with two attached hydrogens (primary N) is 1. The van der Waals surface area contributed by atoms with Crippen molar-refractivity contribution in [3.63, 3.8) is 0 Å². The van der Waals surface area contributed by atoms with Gasteiger partial charge in [0.05, 0.1) is 0 Å². The average molecular weight is 144 g/mol. The molecule has 0 amide bonds. The minimum Gasteiger partial charge on any atom is -0.363 e. The highest BCUT2D eigenvalue weighted by Crippen LogP contribution is 2.17. The van der Waals surface area contributed by atoms with Gasteiger partial charge in [-0.25, -0.2) is 0 Å². The lowest BCUT2D eigenvalue weighted by atomic mass is 10.4. The van der Waals surface area contributed by atoms with Crippen molar-refractivity contribution in [3.8, 4) is 0 Å². The molecule has 9 heavy (non-hydrogen) atoms. The molecule has 1 rings (SSSR count). The Morgan fingerprint density at radius 3 is 3.11 bits per heavy atom. The molecular weight excluding hydrogens is 136 g/mol. The van der Waals surface area contributed by atoms with E-state index in [4.69, 9.17) is 5.73 Å². The monoisotopic (exact) mass is 144 g/mol. The maximum Gasteiger partial charge on any atom is 0.143 e. The van der Waals surface area contributed by atoms with Crippen LogP contribution in [-0.4, -0.2) is 11.0 Å². The molecule has 1 aromatic rings. The van der Waals surface area contributed by atoms with Crippen LogP contribution in [0.5, 0.6) is 0 Å². The molecule has 0 aliphatic heterocycles. The van der Waals surface area contributed by atoms with Gasteiger partial charge in [-0.15, -0.1) is 0 Å². The Labute approximate surface area is 57.6 Å². The van der Waals surface area contributed by atoms with E-state index in [1.165, 1.54) is 11.8 Å². The average Bonchev–Trinajstić information content (AvgIpc) is 2.18. The summed E-state index contributed by atoms with van der Waals surface area (Å²) in [5.74, 6) is 0.549. The number of thioether (sulfide) groups is 1. The summed E-state index contributed by atoms with van der Waals surface area (Å²) in [5.41, 5.74) is 6.32. The van der Waals surface area contributed by atoms with Gasteiger partial charge in [-0.05, 0) is 6.92 Å². The van der Waals surface area contributed by atoms with Gasteiger partial charge < -0.3 is 10.3 Å². The maximum atomic E-state index is 5.27. The maximum absolute atomic E-state index is 5.27. The first-order valence-electron chi connectivity index (χ1n) is 2.58. The number of hydrogen-bond acceptors (Lipinski definition) is 4. The van der Waals surface area contributed by atoms with E-state index in [9.17, 15) is 0 Å². The SMILES string of the molecule is Cc1conc1SCN. The third-order valence-electron chi connectivity index (χ3n) is 0.922. The smallest absolute Gasteiger partial charge is 0.143 e. The second kappa shape index (κ2) is 2.89. The Morgan fingerprint density at radius 1 is 1.89 bits per heavy atom. The van der Waals surface area contributed by atoms with Crippen molar-refractivity contribution in [1.82, 2.24) is 5.16 Å². The molecule has 50 valence electrons. The number of aryl methyl sites for hydroxylation is 1. The number of nitrogens with zero attached hydrogens (tertiary/aromatic N) is 1. The molecule has 4 heteroatoms. The van der Waals surface area contributed by atoms with E-state index in [1.54, 1.807) is 6.26 Å². The van der Waals surface area contributed by atoms with Crippen molar-refractivity contribution < 1.29 is 4.52 Å².